The van der Waals surface area contributed by atoms with Gasteiger partial charge in [-0.1, -0.05) is 35.5 Å². The standard InChI is InChI=1S/C11H13N3O/c1-8-10(9-6-4-3-5-7-9)11(14(2)12)15-13-8/h3-7H,12H2,1-2H3. The van der Waals surface area contributed by atoms with E-state index in [4.69, 9.17) is 10.4 Å². The molecule has 78 valence electrons. The maximum Gasteiger partial charge on any atom is 0.249 e. The second-order valence-electron chi connectivity index (χ2n) is 3.43. The molecule has 2 rings (SSSR count). The van der Waals surface area contributed by atoms with Gasteiger partial charge in [0.05, 0.1) is 11.3 Å². The molecule has 1 aromatic carbocycles. The summed E-state index contributed by atoms with van der Waals surface area (Å²) in [6.45, 7) is 1.90. The topological polar surface area (TPSA) is 55.3 Å². The van der Waals surface area contributed by atoms with Crippen LogP contribution in [0.2, 0.25) is 0 Å². The Morgan fingerprint density at radius 2 is 1.93 bits per heavy atom. The largest absolute Gasteiger partial charge is 0.336 e. The van der Waals surface area contributed by atoms with Gasteiger partial charge in [0, 0.05) is 7.05 Å². The first kappa shape index (κ1) is 9.73. The Hall–Kier alpha value is -1.81. The van der Waals surface area contributed by atoms with E-state index in [9.17, 15) is 0 Å². The molecule has 15 heavy (non-hydrogen) atoms. The first-order valence-electron chi connectivity index (χ1n) is 4.70. The zero-order valence-electron chi connectivity index (χ0n) is 8.77. The van der Waals surface area contributed by atoms with Gasteiger partial charge < -0.3 is 4.52 Å². The molecule has 0 aliphatic carbocycles. The second kappa shape index (κ2) is 3.74. The fourth-order valence-corrected chi connectivity index (χ4v) is 1.54. The van der Waals surface area contributed by atoms with Crippen LogP contribution in [-0.4, -0.2) is 12.2 Å². The van der Waals surface area contributed by atoms with Crippen LogP contribution >= 0.6 is 0 Å². The molecule has 1 aromatic heterocycles. The van der Waals surface area contributed by atoms with Crippen LogP contribution in [0.4, 0.5) is 5.88 Å². The highest BCUT2D eigenvalue weighted by molar-refractivity contribution is 5.76. The van der Waals surface area contributed by atoms with Crippen LogP contribution in [0.3, 0.4) is 0 Å². The van der Waals surface area contributed by atoms with Gasteiger partial charge in [-0.2, -0.15) is 0 Å². The lowest BCUT2D eigenvalue weighted by atomic mass is 10.1. The number of benzene rings is 1. The lowest BCUT2D eigenvalue weighted by Crippen LogP contribution is -2.25. The van der Waals surface area contributed by atoms with Crippen LogP contribution in [0, 0.1) is 6.92 Å². The molecule has 0 radical (unpaired) electrons. The van der Waals surface area contributed by atoms with E-state index in [1.54, 1.807) is 7.05 Å². The van der Waals surface area contributed by atoms with Crippen molar-refractivity contribution in [3.63, 3.8) is 0 Å². The van der Waals surface area contributed by atoms with Gasteiger partial charge in [-0.25, -0.2) is 5.84 Å². The summed E-state index contributed by atoms with van der Waals surface area (Å²) in [7, 11) is 1.73. The third-order valence-electron chi connectivity index (χ3n) is 2.23. The number of aromatic nitrogens is 1. The van der Waals surface area contributed by atoms with E-state index in [1.807, 2.05) is 37.3 Å². The highest BCUT2D eigenvalue weighted by Gasteiger charge is 2.16. The molecule has 0 aliphatic heterocycles. The van der Waals surface area contributed by atoms with Gasteiger partial charge in [-0.05, 0) is 12.5 Å². The Morgan fingerprint density at radius 3 is 2.53 bits per heavy atom. The second-order valence-corrected chi connectivity index (χ2v) is 3.43. The minimum Gasteiger partial charge on any atom is -0.336 e. The Labute approximate surface area is 88.3 Å². The Morgan fingerprint density at radius 1 is 1.27 bits per heavy atom. The molecule has 0 saturated heterocycles. The Kier molecular flexibility index (Phi) is 2.43. The monoisotopic (exact) mass is 203 g/mol. The minimum absolute atomic E-state index is 0.582. The van der Waals surface area contributed by atoms with E-state index in [-0.39, 0.29) is 0 Å². The molecule has 0 atom stereocenters. The average Bonchev–Trinajstić information content (AvgIpc) is 2.61. The molecule has 0 amide bonds. The number of nitrogens with zero attached hydrogens (tertiary/aromatic N) is 2. The quantitative estimate of drug-likeness (QED) is 0.598. The third-order valence-corrected chi connectivity index (χ3v) is 2.23. The van der Waals surface area contributed by atoms with Crippen molar-refractivity contribution in [1.29, 1.82) is 0 Å². The van der Waals surface area contributed by atoms with Crippen LogP contribution < -0.4 is 10.9 Å². The van der Waals surface area contributed by atoms with Gasteiger partial charge in [0.1, 0.15) is 0 Å². The van der Waals surface area contributed by atoms with Crippen molar-refractivity contribution in [2.75, 3.05) is 12.1 Å². The maximum atomic E-state index is 5.66. The van der Waals surface area contributed by atoms with E-state index in [0.29, 0.717) is 5.88 Å². The average molecular weight is 203 g/mol. The predicted molar refractivity (Wildman–Crippen MR) is 59.3 cm³/mol. The number of aryl methyl sites for hydroxylation is 1. The van der Waals surface area contributed by atoms with Gasteiger partial charge in [0.2, 0.25) is 5.88 Å². The van der Waals surface area contributed by atoms with Crippen LogP contribution in [0.15, 0.2) is 34.9 Å². The molecule has 0 spiro atoms. The molecule has 1 heterocycles. The maximum absolute atomic E-state index is 5.66. The SMILES string of the molecule is Cc1noc(N(C)N)c1-c1ccccc1. The minimum atomic E-state index is 0.582. The van der Waals surface area contributed by atoms with Crippen LogP contribution in [-0.2, 0) is 0 Å². The van der Waals surface area contributed by atoms with Crippen molar-refractivity contribution in [1.82, 2.24) is 5.16 Å². The van der Waals surface area contributed by atoms with Gasteiger partial charge >= 0.3 is 0 Å². The number of anilines is 1. The summed E-state index contributed by atoms with van der Waals surface area (Å²) < 4.78 is 5.16. The van der Waals surface area contributed by atoms with E-state index in [1.165, 1.54) is 5.01 Å². The Bertz CT molecular complexity index is 448. The zero-order chi connectivity index (χ0) is 10.8. The van der Waals surface area contributed by atoms with Crippen molar-refractivity contribution in [3.05, 3.63) is 36.0 Å². The molecule has 4 nitrogen and oxygen atoms in total. The zero-order valence-corrected chi connectivity index (χ0v) is 8.77. The summed E-state index contributed by atoms with van der Waals surface area (Å²) in [5.74, 6) is 6.25. The van der Waals surface area contributed by atoms with E-state index >= 15 is 0 Å². The lowest BCUT2D eigenvalue weighted by Gasteiger charge is -2.09. The normalized spacial score (nSPS) is 10.3. The molecule has 2 aromatic rings. The number of hydrogen-bond donors (Lipinski definition) is 1. The summed E-state index contributed by atoms with van der Waals surface area (Å²) in [5, 5.41) is 5.35. The van der Waals surface area contributed by atoms with Crippen LogP contribution in [0.5, 0.6) is 0 Å². The highest BCUT2D eigenvalue weighted by Crippen LogP contribution is 2.31. The fourth-order valence-electron chi connectivity index (χ4n) is 1.54. The Balaban J connectivity index is 2.57. The molecular weight excluding hydrogens is 190 g/mol. The van der Waals surface area contributed by atoms with Crippen LogP contribution in [0.25, 0.3) is 11.1 Å². The highest BCUT2D eigenvalue weighted by atomic mass is 16.5. The fraction of sp³-hybridized carbons (Fsp3) is 0.182. The summed E-state index contributed by atoms with van der Waals surface area (Å²) in [6.07, 6.45) is 0. The van der Waals surface area contributed by atoms with Crippen molar-refractivity contribution in [3.8, 4) is 11.1 Å². The van der Waals surface area contributed by atoms with Crippen molar-refractivity contribution < 1.29 is 4.52 Å². The molecule has 0 unspecified atom stereocenters. The van der Waals surface area contributed by atoms with Crippen molar-refractivity contribution in [2.24, 2.45) is 5.84 Å². The lowest BCUT2D eigenvalue weighted by molar-refractivity contribution is 0.416. The summed E-state index contributed by atoms with van der Waals surface area (Å²) in [5.41, 5.74) is 2.85. The molecule has 0 fully saturated rings. The third kappa shape index (κ3) is 1.71. The molecule has 2 N–H and O–H groups in total. The smallest absolute Gasteiger partial charge is 0.249 e. The van der Waals surface area contributed by atoms with E-state index in [2.05, 4.69) is 5.16 Å². The first-order chi connectivity index (χ1) is 7.20. The first-order valence-corrected chi connectivity index (χ1v) is 4.70. The molecule has 0 saturated carbocycles. The van der Waals surface area contributed by atoms with Gasteiger partial charge in [-0.3, -0.25) is 5.01 Å². The van der Waals surface area contributed by atoms with Gasteiger partial charge in [-0.15, -0.1) is 0 Å². The summed E-state index contributed by atoms with van der Waals surface area (Å²) >= 11 is 0. The van der Waals surface area contributed by atoms with Gasteiger partial charge in [0.15, 0.2) is 0 Å². The van der Waals surface area contributed by atoms with Crippen LogP contribution in [0.1, 0.15) is 5.69 Å². The van der Waals surface area contributed by atoms with Gasteiger partial charge in [0.25, 0.3) is 0 Å². The van der Waals surface area contributed by atoms with Crippen molar-refractivity contribution >= 4 is 5.88 Å². The number of hydrazine groups is 1. The summed E-state index contributed by atoms with van der Waals surface area (Å²) in [6, 6.07) is 9.93. The predicted octanol–water partition coefficient (Wildman–Crippen LogP) is 1.96. The summed E-state index contributed by atoms with van der Waals surface area (Å²) in [4.78, 5) is 0. The molecule has 0 bridgehead atoms. The number of nitrogens with two attached hydrogens (primary N) is 1. The van der Waals surface area contributed by atoms with E-state index in [0.717, 1.165) is 16.8 Å². The molecular formula is C11H13N3O. The number of hydrogen-bond acceptors (Lipinski definition) is 4. The molecule has 0 aliphatic rings. The number of rotatable bonds is 2. The van der Waals surface area contributed by atoms with Crippen molar-refractivity contribution in [2.45, 2.75) is 6.92 Å². The van der Waals surface area contributed by atoms with E-state index < -0.39 is 0 Å². The molecule has 4 heteroatoms.